The topological polar surface area (TPSA) is 133 Å². The van der Waals surface area contributed by atoms with Crippen molar-refractivity contribution in [2.45, 2.75) is 0 Å². The van der Waals surface area contributed by atoms with E-state index in [4.69, 9.17) is 16.6 Å². The highest BCUT2D eigenvalue weighted by Gasteiger charge is 1.90. The van der Waals surface area contributed by atoms with Crippen LogP contribution in [0.2, 0.25) is 0 Å². The fraction of sp³-hybridized carbons (Fsp3) is 0.333. The number of hydrogen-bond acceptors (Lipinski definition) is 2. The van der Waals surface area contributed by atoms with Crippen molar-refractivity contribution in [1.82, 2.24) is 0 Å². The highest BCUT2D eigenvalue weighted by molar-refractivity contribution is 5.79. The summed E-state index contributed by atoms with van der Waals surface area (Å²) in [7, 11) is 0. The van der Waals surface area contributed by atoms with E-state index >= 15 is 0 Å². The molecule has 0 atom stereocenters. The minimum atomic E-state index is -1.04. The van der Waals surface area contributed by atoms with Crippen LogP contribution < -0.4 is 11.5 Å². The van der Waals surface area contributed by atoms with Crippen LogP contribution >= 0.6 is 0 Å². The summed E-state index contributed by atoms with van der Waals surface area (Å²) in [5.41, 5.74) is 9.61. The number of aliphatic imine (C=N–C) groups is 1. The first-order valence-electron chi connectivity index (χ1n) is 1.90. The fourth-order valence-corrected chi connectivity index (χ4v) is 0.159. The largest absolute Gasteiger partial charge is 0.480 e. The molecule has 54 valence electrons. The normalized spacial score (nSPS) is 7.11. The van der Waals surface area contributed by atoms with Gasteiger partial charge in [0.05, 0.1) is 0 Å². The highest BCUT2D eigenvalue weighted by atomic mass is 16.4. The summed E-state index contributed by atoms with van der Waals surface area (Å²) in [5.74, 6) is -1.24. The van der Waals surface area contributed by atoms with Crippen LogP contribution in [0.3, 0.4) is 0 Å². The van der Waals surface area contributed by atoms with Gasteiger partial charge in [0.2, 0.25) is 0 Å². The Morgan fingerprint density at radius 3 is 2.11 bits per heavy atom. The van der Waals surface area contributed by atoms with E-state index in [9.17, 15) is 4.79 Å². The third kappa shape index (κ3) is 10.8. The van der Waals surface area contributed by atoms with E-state index in [2.05, 4.69) is 4.99 Å². The SMILES string of the molecule is NC(N)=NCC(=O)O.O. The van der Waals surface area contributed by atoms with Crippen molar-refractivity contribution in [2.75, 3.05) is 6.54 Å². The van der Waals surface area contributed by atoms with Crippen LogP contribution in [0.25, 0.3) is 0 Å². The zero-order valence-electron chi connectivity index (χ0n) is 4.66. The Kier molecular flexibility index (Phi) is 5.73. The molecular weight excluding hydrogens is 126 g/mol. The molecule has 0 aliphatic heterocycles. The lowest BCUT2D eigenvalue weighted by Gasteiger charge is -1.85. The van der Waals surface area contributed by atoms with Gasteiger partial charge in [-0.1, -0.05) is 0 Å². The maximum absolute atomic E-state index is 9.69. The summed E-state index contributed by atoms with van der Waals surface area (Å²) in [5, 5.41) is 7.94. The molecule has 0 saturated heterocycles. The second kappa shape index (κ2) is 4.85. The van der Waals surface area contributed by atoms with Crippen molar-refractivity contribution in [3.63, 3.8) is 0 Å². The number of nitrogens with zero attached hydrogens (tertiary/aromatic N) is 1. The molecule has 0 spiro atoms. The van der Waals surface area contributed by atoms with E-state index in [0.717, 1.165) is 0 Å². The van der Waals surface area contributed by atoms with Crippen LogP contribution in [-0.4, -0.2) is 29.1 Å². The molecule has 0 aromatic rings. The minimum absolute atomic E-state index is 0. The zero-order chi connectivity index (χ0) is 6.57. The number of rotatable bonds is 2. The quantitative estimate of drug-likeness (QED) is 0.285. The van der Waals surface area contributed by atoms with Gasteiger partial charge in [-0.25, -0.2) is 4.99 Å². The Labute approximate surface area is 51.5 Å². The second-order valence-corrected chi connectivity index (χ2v) is 1.13. The molecular formula is C3H9N3O3. The number of nitrogens with two attached hydrogens (primary N) is 2. The predicted octanol–water partition coefficient (Wildman–Crippen LogP) is -2.48. The molecule has 0 aromatic carbocycles. The minimum Gasteiger partial charge on any atom is -0.480 e. The van der Waals surface area contributed by atoms with Crippen molar-refractivity contribution in [1.29, 1.82) is 0 Å². The van der Waals surface area contributed by atoms with E-state index < -0.39 is 5.97 Å². The summed E-state index contributed by atoms with van der Waals surface area (Å²) in [6, 6.07) is 0. The number of carboxylic acids is 1. The monoisotopic (exact) mass is 135 g/mol. The third-order valence-electron chi connectivity index (χ3n) is 0.397. The average Bonchev–Trinajstić information content (AvgIpc) is 1.61. The van der Waals surface area contributed by atoms with E-state index in [1.165, 1.54) is 0 Å². The fourth-order valence-electron chi connectivity index (χ4n) is 0.159. The van der Waals surface area contributed by atoms with Crippen molar-refractivity contribution in [3.8, 4) is 0 Å². The number of carboxylic acid groups (broad SMARTS) is 1. The van der Waals surface area contributed by atoms with Gasteiger partial charge in [0, 0.05) is 0 Å². The molecule has 0 saturated carbocycles. The van der Waals surface area contributed by atoms with Crippen LogP contribution in [0.1, 0.15) is 0 Å². The van der Waals surface area contributed by atoms with Crippen LogP contribution in [0, 0.1) is 0 Å². The van der Waals surface area contributed by atoms with E-state index in [1.54, 1.807) is 0 Å². The molecule has 0 aliphatic rings. The van der Waals surface area contributed by atoms with Crippen LogP contribution in [0.5, 0.6) is 0 Å². The molecule has 6 nitrogen and oxygen atoms in total. The molecule has 0 aromatic heterocycles. The molecule has 0 unspecified atom stereocenters. The Balaban J connectivity index is 0. The van der Waals surface area contributed by atoms with E-state index in [0.29, 0.717) is 0 Å². The van der Waals surface area contributed by atoms with Crippen LogP contribution in [0.15, 0.2) is 4.99 Å². The van der Waals surface area contributed by atoms with Gasteiger partial charge < -0.3 is 22.1 Å². The molecule has 0 heterocycles. The second-order valence-electron chi connectivity index (χ2n) is 1.13. The van der Waals surface area contributed by atoms with Gasteiger partial charge in [-0.2, -0.15) is 0 Å². The standard InChI is InChI=1S/C3H7N3O2.H2O/c4-3(5)6-1-2(7)8;/h1H2,(H,7,8)(H4,4,5,6);1H2. The Morgan fingerprint density at radius 2 is 2.00 bits per heavy atom. The molecule has 7 N–H and O–H groups in total. The van der Waals surface area contributed by atoms with Gasteiger partial charge in [-0.3, -0.25) is 4.79 Å². The molecule has 0 rings (SSSR count). The number of guanidine groups is 1. The number of aliphatic carboxylic acids is 1. The summed E-state index contributed by atoms with van der Waals surface area (Å²) >= 11 is 0. The molecule has 0 aliphatic carbocycles. The van der Waals surface area contributed by atoms with E-state index in [1.807, 2.05) is 0 Å². The lowest BCUT2D eigenvalue weighted by Crippen LogP contribution is -2.24. The zero-order valence-corrected chi connectivity index (χ0v) is 4.66. The van der Waals surface area contributed by atoms with Crippen molar-refractivity contribution in [3.05, 3.63) is 0 Å². The number of carbonyl (C=O) groups is 1. The van der Waals surface area contributed by atoms with Gasteiger partial charge >= 0.3 is 5.97 Å². The molecule has 6 heteroatoms. The molecule has 9 heavy (non-hydrogen) atoms. The Morgan fingerprint density at radius 1 is 1.56 bits per heavy atom. The first kappa shape index (κ1) is 10.6. The lowest BCUT2D eigenvalue weighted by atomic mass is 10.7. The first-order valence-corrected chi connectivity index (χ1v) is 1.90. The van der Waals surface area contributed by atoms with Gasteiger partial charge in [-0.05, 0) is 0 Å². The summed E-state index contributed by atoms with van der Waals surface area (Å²) in [6.45, 7) is -0.359. The summed E-state index contributed by atoms with van der Waals surface area (Å²) in [6.07, 6.45) is 0. The van der Waals surface area contributed by atoms with Gasteiger partial charge in [-0.15, -0.1) is 0 Å². The van der Waals surface area contributed by atoms with Crippen molar-refractivity contribution in [2.24, 2.45) is 16.5 Å². The van der Waals surface area contributed by atoms with Gasteiger partial charge in [0.25, 0.3) is 0 Å². The number of hydrogen-bond donors (Lipinski definition) is 3. The molecule has 0 bridgehead atoms. The molecule has 0 radical (unpaired) electrons. The molecule has 0 fully saturated rings. The maximum atomic E-state index is 9.69. The first-order chi connectivity index (χ1) is 3.63. The van der Waals surface area contributed by atoms with Gasteiger partial charge in [0.1, 0.15) is 6.54 Å². The van der Waals surface area contributed by atoms with E-state index in [-0.39, 0.29) is 18.0 Å². The smallest absolute Gasteiger partial charge is 0.325 e. The predicted molar refractivity (Wildman–Crippen MR) is 31.9 cm³/mol. The molecule has 0 amide bonds. The Bertz CT molecular complexity index is 117. The van der Waals surface area contributed by atoms with Crippen molar-refractivity contribution < 1.29 is 15.4 Å². The van der Waals surface area contributed by atoms with Crippen LogP contribution in [0.4, 0.5) is 0 Å². The van der Waals surface area contributed by atoms with Crippen LogP contribution in [-0.2, 0) is 4.79 Å². The maximum Gasteiger partial charge on any atom is 0.325 e. The lowest BCUT2D eigenvalue weighted by molar-refractivity contribution is -0.135. The average molecular weight is 135 g/mol. The third-order valence-corrected chi connectivity index (χ3v) is 0.397. The summed E-state index contributed by atoms with van der Waals surface area (Å²) in [4.78, 5) is 12.9. The van der Waals surface area contributed by atoms with Crippen molar-refractivity contribution >= 4 is 11.9 Å². The highest BCUT2D eigenvalue weighted by Crippen LogP contribution is 1.65. The Hall–Kier alpha value is -1.30. The summed E-state index contributed by atoms with van der Waals surface area (Å²) < 4.78 is 0. The van der Waals surface area contributed by atoms with Gasteiger partial charge in [0.15, 0.2) is 5.96 Å².